The third-order valence-corrected chi connectivity index (χ3v) is 2.31. The van der Waals surface area contributed by atoms with E-state index in [1.54, 1.807) is 0 Å². The van der Waals surface area contributed by atoms with E-state index in [9.17, 15) is 8.42 Å². The second-order valence-corrected chi connectivity index (χ2v) is 4.47. The fourth-order valence-corrected chi connectivity index (χ4v) is 1.20. The summed E-state index contributed by atoms with van der Waals surface area (Å²) in [6, 6.07) is 0. The maximum Gasteiger partial charge on any atom is 0.222 e. The zero-order chi connectivity index (χ0) is 11.3. The Bertz CT molecular complexity index is 403. The molecule has 3 N–H and O–H groups in total. The molecule has 0 aliphatic carbocycles. The molecule has 0 amide bonds. The topological polar surface area (TPSA) is 107 Å². The van der Waals surface area contributed by atoms with Crippen LogP contribution in [0.5, 0.6) is 5.75 Å². The number of sulfonamides is 1. The molecule has 0 aliphatic rings. The van der Waals surface area contributed by atoms with Crippen LogP contribution in [-0.2, 0) is 10.0 Å². The molecule has 15 heavy (non-hydrogen) atoms. The maximum absolute atomic E-state index is 10.6. The van der Waals surface area contributed by atoms with Crippen LogP contribution in [0.3, 0.4) is 0 Å². The van der Waals surface area contributed by atoms with Crippen LogP contribution in [0.25, 0.3) is 0 Å². The number of hydrogen-bond donors (Lipinski definition) is 2. The lowest BCUT2D eigenvalue weighted by molar-refractivity contribution is 0.411. The lowest BCUT2D eigenvalue weighted by Gasteiger charge is -2.03. The van der Waals surface area contributed by atoms with Gasteiger partial charge < -0.3 is 10.1 Å². The molecule has 1 heterocycles. The fourth-order valence-electron chi connectivity index (χ4n) is 0.818. The Morgan fingerprint density at radius 3 is 2.53 bits per heavy atom. The molecule has 8 heteroatoms. The molecule has 0 atom stereocenters. The monoisotopic (exact) mass is 232 g/mol. The number of nitrogens with one attached hydrogen (secondary N) is 1. The predicted molar refractivity (Wildman–Crippen MR) is 55.0 cm³/mol. The molecule has 0 saturated heterocycles. The molecular formula is C7H12N4O3S. The fraction of sp³-hybridized carbons (Fsp3) is 0.429. The smallest absolute Gasteiger partial charge is 0.222 e. The van der Waals surface area contributed by atoms with Crippen LogP contribution < -0.4 is 15.2 Å². The Kier molecular flexibility index (Phi) is 3.81. The van der Waals surface area contributed by atoms with Gasteiger partial charge in [0, 0.05) is 6.54 Å². The zero-order valence-corrected chi connectivity index (χ0v) is 8.99. The molecule has 0 saturated carbocycles. The van der Waals surface area contributed by atoms with Crippen LogP contribution in [0.1, 0.15) is 0 Å². The van der Waals surface area contributed by atoms with Crippen LogP contribution in [0.15, 0.2) is 12.4 Å². The Hall–Kier alpha value is -1.41. The van der Waals surface area contributed by atoms with Crippen molar-refractivity contribution >= 4 is 16.0 Å². The second kappa shape index (κ2) is 4.89. The van der Waals surface area contributed by atoms with E-state index >= 15 is 0 Å². The summed E-state index contributed by atoms with van der Waals surface area (Å²) >= 11 is 0. The van der Waals surface area contributed by atoms with Crippen molar-refractivity contribution in [1.82, 2.24) is 9.97 Å². The van der Waals surface area contributed by atoms with Gasteiger partial charge in [-0.15, -0.1) is 0 Å². The number of aromatic nitrogens is 2. The maximum atomic E-state index is 10.6. The van der Waals surface area contributed by atoms with Crippen molar-refractivity contribution in [2.75, 3.05) is 24.7 Å². The van der Waals surface area contributed by atoms with Crippen molar-refractivity contribution in [2.45, 2.75) is 0 Å². The van der Waals surface area contributed by atoms with E-state index in [4.69, 9.17) is 9.88 Å². The second-order valence-electron chi connectivity index (χ2n) is 2.74. The number of nitrogens with zero attached hydrogens (tertiary/aromatic N) is 2. The number of rotatable bonds is 5. The minimum absolute atomic E-state index is 0.164. The average molecular weight is 232 g/mol. The van der Waals surface area contributed by atoms with Gasteiger partial charge in [0.05, 0.1) is 25.3 Å². The number of anilines is 1. The van der Waals surface area contributed by atoms with E-state index in [0.717, 1.165) is 0 Å². The zero-order valence-electron chi connectivity index (χ0n) is 8.17. The van der Waals surface area contributed by atoms with Crippen LogP contribution in [-0.4, -0.2) is 37.8 Å². The third kappa shape index (κ3) is 4.56. The van der Waals surface area contributed by atoms with Crippen LogP contribution in [0.4, 0.5) is 5.95 Å². The highest BCUT2D eigenvalue weighted by Gasteiger charge is 2.02. The van der Waals surface area contributed by atoms with Gasteiger partial charge in [-0.25, -0.2) is 23.5 Å². The standard InChI is InChI=1S/C7H12N4O3S/c1-14-6-4-10-7(11-5-6)9-2-3-15(8,12)13/h4-5H,2-3H2,1H3,(H2,8,12,13)(H,9,10,11). The molecule has 7 nitrogen and oxygen atoms in total. The predicted octanol–water partition coefficient (Wildman–Crippen LogP) is -0.814. The van der Waals surface area contributed by atoms with Crippen molar-refractivity contribution in [3.63, 3.8) is 0 Å². The Labute approximate surface area is 87.7 Å². The summed E-state index contributed by atoms with van der Waals surface area (Å²) < 4.78 is 26.1. The van der Waals surface area contributed by atoms with E-state index in [1.165, 1.54) is 19.5 Å². The van der Waals surface area contributed by atoms with Crippen molar-refractivity contribution < 1.29 is 13.2 Å². The third-order valence-electron chi connectivity index (χ3n) is 1.53. The first-order chi connectivity index (χ1) is 7.01. The van der Waals surface area contributed by atoms with Gasteiger partial charge >= 0.3 is 0 Å². The normalized spacial score (nSPS) is 11.1. The van der Waals surface area contributed by atoms with Crippen molar-refractivity contribution in [3.8, 4) is 5.75 Å². The lowest BCUT2D eigenvalue weighted by atomic mass is 10.6. The highest BCUT2D eigenvalue weighted by molar-refractivity contribution is 7.89. The number of primary sulfonamides is 1. The van der Waals surface area contributed by atoms with Gasteiger partial charge in [0.25, 0.3) is 0 Å². The Balaban J connectivity index is 2.45. The van der Waals surface area contributed by atoms with Gasteiger partial charge in [-0.1, -0.05) is 0 Å². The summed E-state index contributed by atoms with van der Waals surface area (Å²) in [7, 11) is -1.94. The van der Waals surface area contributed by atoms with Crippen LogP contribution >= 0.6 is 0 Å². The number of hydrogen-bond acceptors (Lipinski definition) is 6. The van der Waals surface area contributed by atoms with E-state index < -0.39 is 10.0 Å². The highest BCUT2D eigenvalue weighted by atomic mass is 32.2. The van der Waals surface area contributed by atoms with E-state index in [1.807, 2.05) is 0 Å². The summed E-state index contributed by atoms with van der Waals surface area (Å²) in [6.45, 7) is 0.172. The van der Waals surface area contributed by atoms with Crippen molar-refractivity contribution in [1.29, 1.82) is 0 Å². The first-order valence-corrected chi connectivity index (χ1v) is 5.83. The van der Waals surface area contributed by atoms with Gasteiger partial charge in [0.1, 0.15) is 0 Å². The number of ether oxygens (including phenoxy) is 1. The SMILES string of the molecule is COc1cnc(NCCS(N)(=O)=O)nc1. The van der Waals surface area contributed by atoms with Crippen molar-refractivity contribution in [2.24, 2.45) is 5.14 Å². The molecule has 0 aromatic carbocycles. The quantitative estimate of drug-likeness (QED) is 0.687. The summed E-state index contributed by atoms with van der Waals surface area (Å²) in [6.07, 6.45) is 2.96. The molecule has 0 aliphatic heterocycles. The molecule has 1 aromatic heterocycles. The first kappa shape index (κ1) is 11.7. The Morgan fingerprint density at radius 2 is 2.07 bits per heavy atom. The molecular weight excluding hydrogens is 220 g/mol. The molecule has 84 valence electrons. The lowest BCUT2D eigenvalue weighted by Crippen LogP contribution is -2.22. The summed E-state index contributed by atoms with van der Waals surface area (Å²) in [4.78, 5) is 7.77. The largest absolute Gasteiger partial charge is 0.494 e. The van der Waals surface area contributed by atoms with Crippen molar-refractivity contribution in [3.05, 3.63) is 12.4 Å². The molecule has 0 radical (unpaired) electrons. The van der Waals surface area contributed by atoms with Gasteiger partial charge in [-0.2, -0.15) is 0 Å². The molecule has 0 fully saturated rings. The number of nitrogens with two attached hydrogens (primary N) is 1. The van der Waals surface area contributed by atoms with E-state index in [-0.39, 0.29) is 12.3 Å². The van der Waals surface area contributed by atoms with E-state index in [0.29, 0.717) is 11.7 Å². The molecule has 0 bridgehead atoms. The van der Waals surface area contributed by atoms with E-state index in [2.05, 4.69) is 15.3 Å². The van der Waals surface area contributed by atoms with Gasteiger partial charge in [0.2, 0.25) is 16.0 Å². The first-order valence-electron chi connectivity index (χ1n) is 4.11. The van der Waals surface area contributed by atoms with Gasteiger partial charge in [0.15, 0.2) is 5.75 Å². The summed E-state index contributed by atoms with van der Waals surface area (Å²) in [5.41, 5.74) is 0. The summed E-state index contributed by atoms with van der Waals surface area (Å²) in [5, 5.41) is 7.53. The molecule has 0 unspecified atom stereocenters. The Morgan fingerprint density at radius 1 is 1.47 bits per heavy atom. The number of methoxy groups -OCH3 is 1. The average Bonchev–Trinajstić information content (AvgIpc) is 2.17. The van der Waals surface area contributed by atoms with Crippen LogP contribution in [0, 0.1) is 0 Å². The molecule has 1 rings (SSSR count). The van der Waals surface area contributed by atoms with Gasteiger partial charge in [-0.05, 0) is 0 Å². The van der Waals surface area contributed by atoms with Gasteiger partial charge in [-0.3, -0.25) is 0 Å². The minimum Gasteiger partial charge on any atom is -0.494 e. The molecule has 1 aromatic rings. The highest BCUT2D eigenvalue weighted by Crippen LogP contribution is 2.06. The van der Waals surface area contributed by atoms with Crippen LogP contribution in [0.2, 0.25) is 0 Å². The summed E-state index contributed by atoms with van der Waals surface area (Å²) in [5.74, 6) is 0.703. The molecule has 0 spiro atoms. The minimum atomic E-state index is -3.45.